The van der Waals surface area contributed by atoms with Gasteiger partial charge >= 0.3 is 0 Å². The molecule has 2 nitrogen and oxygen atoms in total. The Kier molecular flexibility index (Phi) is 2.86. The average molecular weight is 196 g/mol. The monoisotopic (exact) mass is 196 g/mol. The molecule has 0 aromatic rings. The van der Waals surface area contributed by atoms with Crippen LogP contribution in [-0.4, -0.2) is 16.5 Å². The lowest BCUT2D eigenvalue weighted by Crippen LogP contribution is -2.55. The molecular formula is C12H20O2. The van der Waals surface area contributed by atoms with Crippen LogP contribution in [0.1, 0.15) is 40.0 Å². The fourth-order valence-electron chi connectivity index (χ4n) is 2.50. The van der Waals surface area contributed by atoms with Gasteiger partial charge in [-0.25, -0.2) is 0 Å². The van der Waals surface area contributed by atoms with Gasteiger partial charge in [0.05, 0.1) is 11.0 Å². The van der Waals surface area contributed by atoms with Crippen molar-refractivity contribution in [3.8, 4) is 0 Å². The highest BCUT2D eigenvalue weighted by atomic mass is 16.3. The van der Waals surface area contributed by atoms with Gasteiger partial charge in [-0.2, -0.15) is 0 Å². The van der Waals surface area contributed by atoms with Crippen molar-refractivity contribution < 1.29 is 9.90 Å². The number of hydrogen-bond acceptors (Lipinski definition) is 2. The molecule has 0 aromatic carbocycles. The lowest BCUT2D eigenvalue weighted by Gasteiger charge is -2.49. The molecule has 0 bridgehead atoms. The minimum absolute atomic E-state index is 0.0325. The Hall–Kier alpha value is -0.630. The molecule has 1 rings (SSSR count). The highest BCUT2D eigenvalue weighted by Crippen LogP contribution is 2.48. The molecule has 80 valence electrons. The minimum Gasteiger partial charge on any atom is -0.389 e. The predicted octanol–water partition coefficient (Wildman–Crippen LogP) is 2.32. The number of ketones is 1. The largest absolute Gasteiger partial charge is 0.389 e. The SMILES string of the molecule is C=C[C@@H]1CCC[C@](C)(C(C)=O)[C@]1(C)O. The molecule has 2 heteroatoms. The van der Waals surface area contributed by atoms with Crippen LogP contribution in [0.3, 0.4) is 0 Å². The first-order chi connectivity index (χ1) is 6.36. The number of aliphatic hydroxyl groups is 1. The third-order valence-electron chi connectivity index (χ3n) is 4.09. The summed E-state index contributed by atoms with van der Waals surface area (Å²) in [6.07, 6.45) is 4.47. The lowest BCUT2D eigenvalue weighted by molar-refractivity contribution is -0.156. The highest BCUT2D eigenvalue weighted by molar-refractivity contribution is 5.83. The first-order valence-corrected chi connectivity index (χ1v) is 5.22. The second-order valence-electron chi connectivity index (χ2n) is 4.77. The van der Waals surface area contributed by atoms with E-state index in [4.69, 9.17) is 0 Å². The maximum Gasteiger partial charge on any atom is 0.138 e. The van der Waals surface area contributed by atoms with Gasteiger partial charge in [-0.05, 0) is 33.6 Å². The minimum atomic E-state index is -0.946. The Morgan fingerprint density at radius 2 is 2.14 bits per heavy atom. The van der Waals surface area contributed by atoms with E-state index in [-0.39, 0.29) is 11.7 Å². The summed E-state index contributed by atoms with van der Waals surface area (Å²) in [5.74, 6) is 0.110. The molecule has 1 aliphatic carbocycles. The summed E-state index contributed by atoms with van der Waals surface area (Å²) in [5.41, 5.74) is -1.55. The van der Waals surface area contributed by atoms with Crippen LogP contribution in [0.15, 0.2) is 12.7 Å². The zero-order valence-electron chi connectivity index (χ0n) is 9.34. The van der Waals surface area contributed by atoms with E-state index in [1.807, 2.05) is 6.92 Å². The third kappa shape index (κ3) is 1.42. The summed E-state index contributed by atoms with van der Waals surface area (Å²) in [4.78, 5) is 11.6. The molecule has 0 spiro atoms. The summed E-state index contributed by atoms with van der Waals surface area (Å²) in [5, 5.41) is 10.4. The zero-order valence-corrected chi connectivity index (χ0v) is 9.34. The maximum atomic E-state index is 11.6. The Morgan fingerprint density at radius 3 is 2.57 bits per heavy atom. The van der Waals surface area contributed by atoms with Crippen LogP contribution in [-0.2, 0) is 4.79 Å². The second-order valence-corrected chi connectivity index (χ2v) is 4.77. The van der Waals surface area contributed by atoms with Crippen LogP contribution in [0.25, 0.3) is 0 Å². The number of rotatable bonds is 2. The van der Waals surface area contributed by atoms with Crippen LogP contribution < -0.4 is 0 Å². The molecule has 0 aromatic heterocycles. The van der Waals surface area contributed by atoms with Gasteiger partial charge in [0.2, 0.25) is 0 Å². The van der Waals surface area contributed by atoms with E-state index in [9.17, 15) is 9.90 Å². The molecule has 0 unspecified atom stereocenters. The van der Waals surface area contributed by atoms with Gasteiger partial charge in [0.1, 0.15) is 5.78 Å². The molecule has 1 aliphatic rings. The van der Waals surface area contributed by atoms with E-state index in [0.29, 0.717) is 0 Å². The molecule has 1 N–H and O–H groups in total. The van der Waals surface area contributed by atoms with Crippen molar-refractivity contribution in [1.29, 1.82) is 0 Å². The molecule has 1 fully saturated rings. The van der Waals surface area contributed by atoms with Gasteiger partial charge in [-0.1, -0.05) is 12.5 Å². The quantitative estimate of drug-likeness (QED) is 0.688. The Labute approximate surface area is 86.0 Å². The Morgan fingerprint density at radius 1 is 1.57 bits per heavy atom. The average Bonchev–Trinajstić information content (AvgIpc) is 2.09. The summed E-state index contributed by atoms with van der Waals surface area (Å²) < 4.78 is 0. The molecule has 14 heavy (non-hydrogen) atoms. The van der Waals surface area contributed by atoms with Crippen molar-refractivity contribution in [2.45, 2.75) is 45.6 Å². The van der Waals surface area contributed by atoms with E-state index >= 15 is 0 Å². The zero-order chi connectivity index (χ0) is 11.0. The number of hydrogen-bond donors (Lipinski definition) is 1. The molecule has 3 atom stereocenters. The first-order valence-electron chi connectivity index (χ1n) is 5.22. The molecule has 0 heterocycles. The highest BCUT2D eigenvalue weighted by Gasteiger charge is 2.52. The number of carbonyl (C=O) groups is 1. The Bertz CT molecular complexity index is 255. The molecule has 0 aliphatic heterocycles. The van der Waals surface area contributed by atoms with E-state index in [1.165, 1.54) is 0 Å². The van der Waals surface area contributed by atoms with Crippen LogP contribution in [0.4, 0.5) is 0 Å². The second kappa shape index (κ2) is 3.50. The summed E-state index contributed by atoms with van der Waals surface area (Å²) in [6, 6.07) is 0. The van der Waals surface area contributed by atoms with E-state index in [0.717, 1.165) is 19.3 Å². The molecule has 1 saturated carbocycles. The predicted molar refractivity (Wildman–Crippen MR) is 56.9 cm³/mol. The van der Waals surface area contributed by atoms with Crippen molar-refractivity contribution in [2.24, 2.45) is 11.3 Å². The maximum absolute atomic E-state index is 11.6. The molecule has 0 amide bonds. The third-order valence-corrected chi connectivity index (χ3v) is 4.09. The summed E-state index contributed by atoms with van der Waals surface area (Å²) in [7, 11) is 0. The number of Topliss-reactive ketones (excluding diaryl/α,β-unsaturated/α-hetero) is 1. The lowest BCUT2D eigenvalue weighted by atomic mass is 9.58. The van der Waals surface area contributed by atoms with Crippen LogP contribution in [0.2, 0.25) is 0 Å². The van der Waals surface area contributed by atoms with E-state index in [1.54, 1.807) is 19.9 Å². The van der Waals surface area contributed by atoms with Crippen LogP contribution >= 0.6 is 0 Å². The fraction of sp³-hybridized carbons (Fsp3) is 0.750. The van der Waals surface area contributed by atoms with E-state index < -0.39 is 11.0 Å². The normalized spacial score (nSPS) is 43.3. The van der Waals surface area contributed by atoms with Gasteiger partial charge < -0.3 is 5.11 Å². The van der Waals surface area contributed by atoms with Gasteiger partial charge in [-0.15, -0.1) is 6.58 Å². The Balaban J connectivity index is 3.07. The van der Waals surface area contributed by atoms with Crippen molar-refractivity contribution in [3.63, 3.8) is 0 Å². The van der Waals surface area contributed by atoms with Gasteiger partial charge in [0, 0.05) is 5.92 Å². The van der Waals surface area contributed by atoms with Gasteiger partial charge in [0.15, 0.2) is 0 Å². The van der Waals surface area contributed by atoms with Gasteiger partial charge in [0.25, 0.3) is 0 Å². The van der Waals surface area contributed by atoms with Crippen LogP contribution in [0, 0.1) is 11.3 Å². The van der Waals surface area contributed by atoms with E-state index in [2.05, 4.69) is 6.58 Å². The van der Waals surface area contributed by atoms with Crippen molar-refractivity contribution in [2.75, 3.05) is 0 Å². The smallest absolute Gasteiger partial charge is 0.138 e. The van der Waals surface area contributed by atoms with Gasteiger partial charge in [-0.3, -0.25) is 4.79 Å². The van der Waals surface area contributed by atoms with Crippen LogP contribution in [0.5, 0.6) is 0 Å². The molecule has 0 saturated heterocycles. The standard InChI is InChI=1S/C12H20O2/c1-5-10-7-6-8-11(3,9(2)13)12(10,4)14/h5,10,14H,1,6-8H2,2-4H3/t10-,11-,12-/m1/s1. The van der Waals surface area contributed by atoms with Crippen molar-refractivity contribution in [1.82, 2.24) is 0 Å². The van der Waals surface area contributed by atoms with Crippen molar-refractivity contribution >= 4 is 5.78 Å². The first kappa shape index (κ1) is 11.4. The van der Waals surface area contributed by atoms with Crippen molar-refractivity contribution in [3.05, 3.63) is 12.7 Å². The summed E-state index contributed by atoms with van der Waals surface area (Å²) in [6.45, 7) is 8.93. The summed E-state index contributed by atoms with van der Waals surface area (Å²) >= 11 is 0. The molecular weight excluding hydrogens is 176 g/mol. The number of carbonyl (C=O) groups excluding carboxylic acids is 1. The topological polar surface area (TPSA) is 37.3 Å². The fourth-order valence-corrected chi connectivity index (χ4v) is 2.50. The molecule has 0 radical (unpaired) electrons.